The molecule has 0 unspecified atom stereocenters. The molecule has 2 aromatic rings. The molecule has 4 heteroatoms. The number of benzene rings is 1. The van der Waals surface area contributed by atoms with Crippen molar-refractivity contribution in [3.8, 4) is 0 Å². The van der Waals surface area contributed by atoms with Gasteiger partial charge in [-0.2, -0.15) is 0 Å². The average molecular weight is 308 g/mol. The normalized spacial score (nSPS) is 10.6. The van der Waals surface area contributed by atoms with Gasteiger partial charge in [-0.1, -0.05) is 35.3 Å². The summed E-state index contributed by atoms with van der Waals surface area (Å²) in [5, 5.41) is 3.39. The molecule has 1 N–H and O–H groups in total. The molecule has 1 heterocycles. The van der Waals surface area contributed by atoms with Crippen molar-refractivity contribution in [2.75, 3.05) is 5.32 Å². The highest BCUT2D eigenvalue weighted by Gasteiger charge is 2.05. The van der Waals surface area contributed by atoms with E-state index in [0.29, 0.717) is 0 Å². The van der Waals surface area contributed by atoms with Crippen molar-refractivity contribution in [2.24, 2.45) is 0 Å². The number of unbranched alkanes of at least 4 members (excludes halogenated alkanes) is 1. The molecule has 0 aliphatic rings. The predicted molar refractivity (Wildman–Crippen MR) is 79.3 cm³/mol. The van der Waals surface area contributed by atoms with Crippen LogP contribution in [0.5, 0.6) is 0 Å². The minimum absolute atomic E-state index is 0.907. The molecule has 18 heavy (non-hydrogen) atoms. The first-order chi connectivity index (χ1) is 8.70. The Morgan fingerprint density at radius 1 is 1.39 bits per heavy atom. The Hall–Kier alpha value is -1.29. The fourth-order valence-electron chi connectivity index (χ4n) is 1.79. The first-order valence-electron chi connectivity index (χ1n) is 6.25. The molecule has 0 spiro atoms. The number of nitrogens with one attached hydrogen (secondary N) is 1. The highest BCUT2D eigenvalue weighted by Crippen LogP contribution is 2.23. The van der Waals surface area contributed by atoms with Crippen molar-refractivity contribution in [1.82, 2.24) is 9.55 Å². The number of hydrogen-bond acceptors (Lipinski definition) is 2. The summed E-state index contributed by atoms with van der Waals surface area (Å²) in [4.78, 5) is 4.37. The first-order valence-corrected chi connectivity index (χ1v) is 7.04. The summed E-state index contributed by atoms with van der Waals surface area (Å²) in [6.45, 7) is 5.29. The van der Waals surface area contributed by atoms with E-state index < -0.39 is 0 Å². The van der Waals surface area contributed by atoms with E-state index in [1.807, 2.05) is 18.5 Å². The van der Waals surface area contributed by atoms with Gasteiger partial charge in [0.2, 0.25) is 5.95 Å². The number of halogens is 1. The van der Waals surface area contributed by atoms with Gasteiger partial charge >= 0.3 is 0 Å². The largest absolute Gasteiger partial charge is 0.325 e. The van der Waals surface area contributed by atoms with Gasteiger partial charge in [-0.15, -0.1) is 0 Å². The standard InChI is InChI=1S/C14H18BrN3/c1-3-4-8-18-9-7-16-14(18)17-13-10-12(15)6-5-11(13)2/h5-7,9-10H,3-4,8H2,1-2H3,(H,16,17). The Morgan fingerprint density at radius 2 is 2.22 bits per heavy atom. The number of anilines is 2. The summed E-state index contributed by atoms with van der Waals surface area (Å²) >= 11 is 3.49. The lowest BCUT2D eigenvalue weighted by atomic mass is 10.2. The smallest absolute Gasteiger partial charge is 0.207 e. The molecule has 0 atom stereocenters. The minimum Gasteiger partial charge on any atom is -0.325 e. The van der Waals surface area contributed by atoms with Gasteiger partial charge in [-0.3, -0.25) is 0 Å². The molecule has 0 amide bonds. The predicted octanol–water partition coefficient (Wildman–Crippen LogP) is 4.50. The maximum atomic E-state index is 4.37. The van der Waals surface area contributed by atoms with Crippen LogP contribution in [0.25, 0.3) is 0 Å². The topological polar surface area (TPSA) is 29.9 Å². The summed E-state index contributed by atoms with van der Waals surface area (Å²) in [6.07, 6.45) is 6.21. The number of aromatic nitrogens is 2. The lowest BCUT2D eigenvalue weighted by Crippen LogP contribution is -2.04. The molecule has 0 saturated heterocycles. The van der Waals surface area contributed by atoms with Crippen LogP contribution in [0.1, 0.15) is 25.3 Å². The molecule has 0 bridgehead atoms. The fraction of sp³-hybridized carbons (Fsp3) is 0.357. The van der Waals surface area contributed by atoms with E-state index in [1.165, 1.54) is 18.4 Å². The van der Waals surface area contributed by atoms with Crippen LogP contribution in [-0.4, -0.2) is 9.55 Å². The van der Waals surface area contributed by atoms with E-state index in [2.05, 4.69) is 56.8 Å². The lowest BCUT2D eigenvalue weighted by molar-refractivity contribution is 0.638. The highest BCUT2D eigenvalue weighted by atomic mass is 79.9. The molecule has 96 valence electrons. The third kappa shape index (κ3) is 3.13. The second-order valence-corrected chi connectivity index (χ2v) is 5.30. The van der Waals surface area contributed by atoms with Crippen molar-refractivity contribution in [2.45, 2.75) is 33.2 Å². The van der Waals surface area contributed by atoms with E-state index >= 15 is 0 Å². The molecule has 0 aliphatic heterocycles. The SMILES string of the molecule is CCCCn1ccnc1Nc1cc(Br)ccc1C. The summed E-state index contributed by atoms with van der Waals surface area (Å²) < 4.78 is 3.23. The Morgan fingerprint density at radius 3 is 3.00 bits per heavy atom. The Balaban J connectivity index is 2.18. The monoisotopic (exact) mass is 307 g/mol. The van der Waals surface area contributed by atoms with Crippen LogP contribution in [0, 0.1) is 6.92 Å². The molecular weight excluding hydrogens is 290 g/mol. The second kappa shape index (κ2) is 6.05. The molecule has 0 radical (unpaired) electrons. The Kier molecular flexibility index (Phi) is 4.42. The van der Waals surface area contributed by atoms with Crippen LogP contribution in [0.2, 0.25) is 0 Å². The van der Waals surface area contributed by atoms with Gasteiger partial charge in [0, 0.05) is 29.1 Å². The number of rotatable bonds is 5. The number of aryl methyl sites for hydroxylation is 2. The fourth-order valence-corrected chi connectivity index (χ4v) is 2.15. The Labute approximate surface area is 116 Å². The summed E-state index contributed by atoms with van der Waals surface area (Å²) in [6, 6.07) is 6.21. The number of imidazole rings is 1. The van der Waals surface area contributed by atoms with Gasteiger partial charge in [0.25, 0.3) is 0 Å². The highest BCUT2D eigenvalue weighted by molar-refractivity contribution is 9.10. The molecule has 0 saturated carbocycles. The van der Waals surface area contributed by atoms with Crippen molar-refractivity contribution in [3.63, 3.8) is 0 Å². The number of hydrogen-bond donors (Lipinski definition) is 1. The van der Waals surface area contributed by atoms with E-state index in [0.717, 1.165) is 22.7 Å². The van der Waals surface area contributed by atoms with Crippen LogP contribution < -0.4 is 5.32 Å². The lowest BCUT2D eigenvalue weighted by Gasteiger charge is -2.11. The van der Waals surface area contributed by atoms with Gasteiger partial charge in [-0.25, -0.2) is 4.98 Å². The average Bonchev–Trinajstić information content (AvgIpc) is 2.79. The van der Waals surface area contributed by atoms with Crippen molar-refractivity contribution < 1.29 is 0 Å². The molecule has 1 aromatic heterocycles. The van der Waals surface area contributed by atoms with Gasteiger partial charge in [-0.05, 0) is 31.0 Å². The molecular formula is C14H18BrN3. The van der Waals surface area contributed by atoms with Crippen LogP contribution in [-0.2, 0) is 6.54 Å². The molecule has 1 aromatic carbocycles. The van der Waals surface area contributed by atoms with Gasteiger partial charge in [0.1, 0.15) is 0 Å². The van der Waals surface area contributed by atoms with Gasteiger partial charge in [0.05, 0.1) is 0 Å². The number of nitrogens with zero attached hydrogens (tertiary/aromatic N) is 2. The van der Waals surface area contributed by atoms with Crippen molar-refractivity contribution >= 4 is 27.6 Å². The Bertz CT molecular complexity index is 520. The summed E-state index contributed by atoms with van der Waals surface area (Å²) in [7, 11) is 0. The van der Waals surface area contributed by atoms with Crippen molar-refractivity contribution in [1.29, 1.82) is 0 Å². The third-order valence-corrected chi connectivity index (χ3v) is 3.41. The molecule has 3 nitrogen and oxygen atoms in total. The van der Waals surface area contributed by atoms with Crippen LogP contribution in [0.15, 0.2) is 35.1 Å². The summed E-state index contributed by atoms with van der Waals surface area (Å²) in [5.41, 5.74) is 2.30. The zero-order chi connectivity index (χ0) is 13.0. The first kappa shape index (κ1) is 13.1. The molecule has 0 aliphatic carbocycles. The van der Waals surface area contributed by atoms with E-state index in [-0.39, 0.29) is 0 Å². The van der Waals surface area contributed by atoms with Gasteiger partial charge < -0.3 is 9.88 Å². The van der Waals surface area contributed by atoms with Crippen molar-refractivity contribution in [3.05, 3.63) is 40.6 Å². The van der Waals surface area contributed by atoms with Gasteiger partial charge in [0.15, 0.2) is 0 Å². The van der Waals surface area contributed by atoms with Crippen LogP contribution >= 0.6 is 15.9 Å². The molecule has 0 fully saturated rings. The maximum absolute atomic E-state index is 4.37. The van der Waals surface area contributed by atoms with Crippen LogP contribution in [0.4, 0.5) is 11.6 Å². The third-order valence-electron chi connectivity index (χ3n) is 2.91. The summed E-state index contributed by atoms with van der Waals surface area (Å²) in [5.74, 6) is 0.907. The zero-order valence-corrected chi connectivity index (χ0v) is 12.4. The van der Waals surface area contributed by atoms with E-state index in [4.69, 9.17) is 0 Å². The second-order valence-electron chi connectivity index (χ2n) is 4.38. The van der Waals surface area contributed by atoms with Crippen LogP contribution in [0.3, 0.4) is 0 Å². The zero-order valence-electron chi connectivity index (χ0n) is 10.8. The van der Waals surface area contributed by atoms with E-state index in [9.17, 15) is 0 Å². The quantitative estimate of drug-likeness (QED) is 0.881. The minimum atomic E-state index is 0.907. The van der Waals surface area contributed by atoms with E-state index in [1.54, 1.807) is 0 Å². The molecule has 2 rings (SSSR count). The maximum Gasteiger partial charge on any atom is 0.207 e.